The van der Waals surface area contributed by atoms with Crippen LogP contribution in [0.2, 0.25) is 0 Å². The molecular formula is C14H15N3O3S. The molecule has 2 aromatic rings. The van der Waals surface area contributed by atoms with E-state index in [2.05, 4.69) is 14.9 Å². The molecule has 0 bridgehead atoms. The van der Waals surface area contributed by atoms with Gasteiger partial charge in [-0.05, 0) is 35.1 Å². The quantitative estimate of drug-likeness (QED) is 0.885. The van der Waals surface area contributed by atoms with Gasteiger partial charge in [0.2, 0.25) is 0 Å². The van der Waals surface area contributed by atoms with E-state index in [1.54, 1.807) is 24.3 Å². The Kier molecular flexibility index (Phi) is 4.64. The van der Waals surface area contributed by atoms with E-state index in [4.69, 9.17) is 5.11 Å². The number of aliphatic carboxylic acids is 1. The van der Waals surface area contributed by atoms with E-state index in [9.17, 15) is 9.59 Å². The molecule has 2 N–H and O–H groups in total. The smallest absolute Gasteiger partial charge is 0.307 e. The van der Waals surface area contributed by atoms with Gasteiger partial charge in [-0.3, -0.25) is 9.59 Å². The van der Waals surface area contributed by atoms with Crippen molar-refractivity contribution in [3.8, 4) is 0 Å². The van der Waals surface area contributed by atoms with Crippen LogP contribution in [0.25, 0.3) is 0 Å². The van der Waals surface area contributed by atoms with Crippen molar-refractivity contribution < 1.29 is 14.7 Å². The first kappa shape index (κ1) is 15.1. The van der Waals surface area contributed by atoms with Crippen LogP contribution in [0.3, 0.4) is 0 Å². The molecule has 110 valence electrons. The summed E-state index contributed by atoms with van der Waals surface area (Å²) in [6.07, 6.45) is -0.0372. The van der Waals surface area contributed by atoms with Gasteiger partial charge >= 0.3 is 5.97 Å². The summed E-state index contributed by atoms with van der Waals surface area (Å²) >= 11 is 1.07. The Morgan fingerprint density at radius 2 is 1.95 bits per heavy atom. The second-order valence-corrected chi connectivity index (χ2v) is 5.62. The summed E-state index contributed by atoms with van der Waals surface area (Å²) in [5.74, 6) is -1.01. The molecule has 1 heterocycles. The van der Waals surface area contributed by atoms with Gasteiger partial charge in [-0.15, -0.1) is 5.10 Å². The summed E-state index contributed by atoms with van der Waals surface area (Å²) in [5.41, 5.74) is 1.97. The van der Waals surface area contributed by atoms with E-state index in [0.717, 1.165) is 11.5 Å². The molecule has 0 fully saturated rings. The minimum atomic E-state index is -0.885. The van der Waals surface area contributed by atoms with Crippen LogP contribution in [0.5, 0.6) is 0 Å². The Morgan fingerprint density at radius 3 is 2.52 bits per heavy atom. The fourth-order valence-corrected chi connectivity index (χ4v) is 2.52. The predicted octanol–water partition coefficient (Wildman–Crippen LogP) is 2.54. The maximum absolute atomic E-state index is 12.2. The van der Waals surface area contributed by atoms with Crippen LogP contribution in [-0.2, 0) is 11.2 Å². The predicted molar refractivity (Wildman–Crippen MR) is 79.7 cm³/mol. The number of carboxylic acid groups (broad SMARTS) is 1. The van der Waals surface area contributed by atoms with Crippen molar-refractivity contribution in [2.24, 2.45) is 0 Å². The molecule has 0 saturated carbocycles. The third-order valence-corrected chi connectivity index (χ3v) is 3.57. The largest absolute Gasteiger partial charge is 0.481 e. The van der Waals surface area contributed by atoms with E-state index in [1.807, 2.05) is 13.8 Å². The molecule has 1 aromatic carbocycles. The fraction of sp³-hybridized carbons (Fsp3) is 0.286. The first-order valence-electron chi connectivity index (χ1n) is 6.41. The number of anilines is 1. The normalized spacial score (nSPS) is 10.6. The number of rotatable bonds is 5. The molecule has 1 amide bonds. The van der Waals surface area contributed by atoms with Crippen LogP contribution in [0.15, 0.2) is 24.3 Å². The molecule has 7 heteroatoms. The van der Waals surface area contributed by atoms with E-state index in [1.165, 1.54) is 0 Å². The summed E-state index contributed by atoms with van der Waals surface area (Å²) in [7, 11) is 0. The van der Waals surface area contributed by atoms with Gasteiger partial charge in [0.05, 0.1) is 12.1 Å². The highest BCUT2D eigenvalue weighted by Gasteiger charge is 2.18. The third kappa shape index (κ3) is 3.85. The maximum Gasteiger partial charge on any atom is 0.307 e. The number of benzene rings is 1. The van der Waals surface area contributed by atoms with Crippen molar-refractivity contribution in [1.29, 1.82) is 0 Å². The minimum absolute atomic E-state index is 0.0372. The van der Waals surface area contributed by atoms with Crippen LogP contribution in [0.4, 0.5) is 5.69 Å². The third-order valence-electron chi connectivity index (χ3n) is 2.83. The number of aromatic nitrogens is 2. The van der Waals surface area contributed by atoms with Gasteiger partial charge in [0.25, 0.3) is 5.91 Å². The number of carbonyl (C=O) groups is 2. The number of amides is 1. The topological polar surface area (TPSA) is 92.2 Å². The van der Waals surface area contributed by atoms with E-state index >= 15 is 0 Å². The SMILES string of the molecule is CC(C)c1nnsc1C(=O)Nc1ccc(CC(=O)O)cc1. The lowest BCUT2D eigenvalue weighted by atomic mass is 10.1. The lowest BCUT2D eigenvalue weighted by molar-refractivity contribution is -0.136. The Morgan fingerprint density at radius 1 is 1.29 bits per heavy atom. The van der Waals surface area contributed by atoms with Crippen molar-refractivity contribution in [1.82, 2.24) is 9.59 Å². The second-order valence-electron chi connectivity index (χ2n) is 4.86. The molecule has 0 aliphatic rings. The van der Waals surface area contributed by atoms with Gasteiger partial charge in [-0.25, -0.2) is 0 Å². The van der Waals surface area contributed by atoms with E-state index < -0.39 is 5.97 Å². The molecule has 1 aromatic heterocycles. The van der Waals surface area contributed by atoms with E-state index in [0.29, 0.717) is 21.8 Å². The van der Waals surface area contributed by atoms with Crippen molar-refractivity contribution in [2.75, 3.05) is 5.32 Å². The number of nitrogens with one attached hydrogen (secondary N) is 1. The first-order valence-corrected chi connectivity index (χ1v) is 7.19. The first-order chi connectivity index (χ1) is 9.97. The fourth-order valence-electron chi connectivity index (χ4n) is 1.80. The Bertz CT molecular complexity index is 650. The molecule has 0 unspecified atom stereocenters. The highest BCUT2D eigenvalue weighted by molar-refractivity contribution is 7.08. The van der Waals surface area contributed by atoms with Gasteiger partial charge in [0.15, 0.2) is 0 Å². The van der Waals surface area contributed by atoms with Gasteiger partial charge in [0, 0.05) is 5.69 Å². The number of hydrogen-bond acceptors (Lipinski definition) is 5. The zero-order chi connectivity index (χ0) is 15.4. The minimum Gasteiger partial charge on any atom is -0.481 e. The molecule has 0 radical (unpaired) electrons. The second kappa shape index (κ2) is 6.45. The van der Waals surface area contributed by atoms with E-state index in [-0.39, 0.29) is 18.2 Å². The number of carbonyl (C=O) groups excluding carboxylic acids is 1. The molecule has 6 nitrogen and oxygen atoms in total. The highest BCUT2D eigenvalue weighted by atomic mass is 32.1. The lowest BCUT2D eigenvalue weighted by Crippen LogP contribution is -2.13. The van der Waals surface area contributed by atoms with Crippen LogP contribution in [-0.4, -0.2) is 26.6 Å². The van der Waals surface area contributed by atoms with Crippen molar-refractivity contribution in [2.45, 2.75) is 26.2 Å². The maximum atomic E-state index is 12.2. The zero-order valence-electron chi connectivity index (χ0n) is 11.7. The molecule has 0 atom stereocenters. The standard InChI is InChI=1S/C14H15N3O3S/c1-8(2)12-13(21-17-16-12)14(20)15-10-5-3-9(4-6-10)7-11(18)19/h3-6,8H,7H2,1-2H3,(H,15,20)(H,18,19). The monoisotopic (exact) mass is 305 g/mol. The Labute approximate surface area is 126 Å². The van der Waals surface area contributed by atoms with Gasteiger partial charge in [0.1, 0.15) is 4.88 Å². The summed E-state index contributed by atoms with van der Waals surface area (Å²) < 4.78 is 3.82. The van der Waals surface area contributed by atoms with Gasteiger partial charge < -0.3 is 10.4 Å². The number of nitrogens with zero attached hydrogens (tertiary/aromatic N) is 2. The number of hydrogen-bond donors (Lipinski definition) is 2. The van der Waals surface area contributed by atoms with Crippen LogP contribution >= 0.6 is 11.5 Å². The summed E-state index contributed by atoms with van der Waals surface area (Å²) in [4.78, 5) is 23.3. The van der Waals surface area contributed by atoms with Gasteiger partial charge in [-0.1, -0.05) is 30.5 Å². The lowest BCUT2D eigenvalue weighted by Gasteiger charge is -2.06. The molecule has 0 spiro atoms. The molecule has 2 rings (SSSR count). The average molecular weight is 305 g/mol. The summed E-state index contributed by atoms with van der Waals surface area (Å²) in [6, 6.07) is 6.72. The van der Waals surface area contributed by atoms with Crippen molar-refractivity contribution >= 4 is 29.1 Å². The van der Waals surface area contributed by atoms with Crippen molar-refractivity contribution in [3.63, 3.8) is 0 Å². The highest BCUT2D eigenvalue weighted by Crippen LogP contribution is 2.21. The summed E-state index contributed by atoms with van der Waals surface area (Å²) in [5, 5.41) is 15.4. The van der Waals surface area contributed by atoms with Crippen LogP contribution < -0.4 is 5.32 Å². The zero-order valence-corrected chi connectivity index (χ0v) is 12.5. The molecule has 21 heavy (non-hydrogen) atoms. The molecule has 0 aliphatic heterocycles. The van der Waals surface area contributed by atoms with Crippen molar-refractivity contribution in [3.05, 3.63) is 40.4 Å². The van der Waals surface area contributed by atoms with Crippen LogP contribution in [0, 0.1) is 0 Å². The Balaban J connectivity index is 2.09. The Hall–Kier alpha value is -2.28. The van der Waals surface area contributed by atoms with Crippen LogP contribution in [0.1, 0.15) is 40.7 Å². The molecule has 0 saturated heterocycles. The summed E-state index contributed by atoms with van der Waals surface area (Å²) in [6.45, 7) is 3.91. The van der Waals surface area contributed by atoms with Gasteiger partial charge in [-0.2, -0.15) is 0 Å². The number of carboxylic acids is 1. The average Bonchev–Trinajstić information content (AvgIpc) is 2.90. The molecule has 0 aliphatic carbocycles. The molecular weight excluding hydrogens is 290 g/mol.